The number of nitro benzene ring substituents is 1. The van der Waals surface area contributed by atoms with Crippen molar-refractivity contribution in [2.24, 2.45) is 0 Å². The van der Waals surface area contributed by atoms with E-state index in [1.165, 1.54) is 6.07 Å². The molecule has 0 amide bonds. The van der Waals surface area contributed by atoms with E-state index in [0.29, 0.717) is 0 Å². The summed E-state index contributed by atoms with van der Waals surface area (Å²) in [5.74, 6) is -0.293. The lowest BCUT2D eigenvalue weighted by atomic mass is 10.1. The van der Waals surface area contributed by atoms with E-state index in [1.54, 1.807) is 0 Å². The molecular weight excluding hydrogens is 383 g/mol. The van der Waals surface area contributed by atoms with E-state index in [2.05, 4.69) is 15.4 Å². The second-order valence-electron chi connectivity index (χ2n) is 5.77. The summed E-state index contributed by atoms with van der Waals surface area (Å²) in [4.78, 5) is 10.3. The van der Waals surface area contributed by atoms with Gasteiger partial charge in [-0.1, -0.05) is 17.7 Å². The average molecular weight is 399 g/mol. The largest absolute Gasteiger partial charge is 0.484 e. The van der Waals surface area contributed by atoms with Crippen molar-refractivity contribution in [3.63, 3.8) is 0 Å². The zero-order valence-electron chi connectivity index (χ0n) is 14.4. The van der Waals surface area contributed by atoms with Gasteiger partial charge in [0.05, 0.1) is 16.7 Å². The monoisotopic (exact) mass is 399 g/mol. The maximum Gasteiger partial charge on any atom is 0.422 e. The number of nitrogens with one attached hydrogen (secondary N) is 2. The van der Waals surface area contributed by atoms with Crippen LogP contribution in [0.1, 0.15) is 11.1 Å². The highest BCUT2D eigenvalue weighted by Gasteiger charge is 2.28. The molecule has 0 radical (unpaired) electrons. The molecule has 0 aliphatic rings. The van der Waals surface area contributed by atoms with Gasteiger partial charge in [-0.15, -0.1) is 0 Å². The number of ether oxygens (including phenoxy) is 1. The number of thiocarbonyl (C=S) groups is 1. The van der Waals surface area contributed by atoms with Crippen molar-refractivity contribution in [3.8, 4) is 5.75 Å². The van der Waals surface area contributed by atoms with Crippen LogP contribution in [0.5, 0.6) is 5.75 Å². The lowest BCUT2D eigenvalue weighted by Gasteiger charge is -2.14. The Morgan fingerprint density at radius 3 is 2.48 bits per heavy atom. The molecule has 6 nitrogen and oxygen atoms in total. The molecule has 0 aliphatic carbocycles. The molecule has 0 fully saturated rings. The summed E-state index contributed by atoms with van der Waals surface area (Å²) in [6, 6.07) is 8.92. The highest BCUT2D eigenvalue weighted by atomic mass is 32.1. The van der Waals surface area contributed by atoms with Crippen LogP contribution in [0.15, 0.2) is 36.4 Å². The van der Waals surface area contributed by atoms with E-state index in [0.717, 1.165) is 28.9 Å². The summed E-state index contributed by atoms with van der Waals surface area (Å²) in [5.41, 5.74) is 2.45. The molecule has 2 rings (SSSR count). The minimum absolute atomic E-state index is 0.128. The van der Waals surface area contributed by atoms with E-state index in [-0.39, 0.29) is 16.5 Å². The predicted octanol–water partition coefficient (Wildman–Crippen LogP) is 4.96. The summed E-state index contributed by atoms with van der Waals surface area (Å²) in [6.45, 7) is 2.27. The minimum Gasteiger partial charge on any atom is -0.484 e. The van der Waals surface area contributed by atoms with E-state index in [9.17, 15) is 23.3 Å². The second-order valence-corrected chi connectivity index (χ2v) is 6.18. The molecular formula is C17H16F3N3O3S. The molecule has 0 spiro atoms. The first-order valence-corrected chi connectivity index (χ1v) is 8.08. The number of halogens is 3. The van der Waals surface area contributed by atoms with Crippen LogP contribution in [0, 0.1) is 24.0 Å². The Balaban J connectivity index is 2.17. The van der Waals surface area contributed by atoms with E-state index < -0.39 is 23.4 Å². The molecule has 27 heavy (non-hydrogen) atoms. The number of rotatable bonds is 5. The molecule has 2 N–H and O–H groups in total. The molecule has 0 heterocycles. The summed E-state index contributed by atoms with van der Waals surface area (Å²) >= 11 is 5.17. The number of benzene rings is 2. The van der Waals surface area contributed by atoms with E-state index in [4.69, 9.17) is 12.2 Å². The number of nitrogens with zero attached hydrogens (tertiary/aromatic N) is 1. The van der Waals surface area contributed by atoms with Crippen LogP contribution in [0.25, 0.3) is 0 Å². The van der Waals surface area contributed by atoms with Crippen molar-refractivity contribution in [2.75, 3.05) is 17.2 Å². The molecule has 2 aromatic rings. The van der Waals surface area contributed by atoms with Gasteiger partial charge in [0, 0.05) is 17.8 Å². The number of nitro groups is 1. The van der Waals surface area contributed by atoms with Crippen molar-refractivity contribution < 1.29 is 22.8 Å². The fourth-order valence-electron chi connectivity index (χ4n) is 2.25. The van der Waals surface area contributed by atoms with Gasteiger partial charge in [-0.25, -0.2) is 0 Å². The smallest absolute Gasteiger partial charge is 0.422 e. The Morgan fingerprint density at radius 1 is 1.19 bits per heavy atom. The minimum atomic E-state index is -4.56. The summed E-state index contributed by atoms with van der Waals surface area (Å²) in [6.07, 6.45) is -4.56. The quantitative estimate of drug-likeness (QED) is 0.420. The number of aryl methyl sites for hydroxylation is 2. The van der Waals surface area contributed by atoms with Gasteiger partial charge in [-0.3, -0.25) is 10.1 Å². The maximum absolute atomic E-state index is 12.3. The zero-order chi connectivity index (χ0) is 20.2. The summed E-state index contributed by atoms with van der Waals surface area (Å²) in [5, 5.41) is 16.8. The highest BCUT2D eigenvalue weighted by Crippen LogP contribution is 2.28. The van der Waals surface area contributed by atoms with E-state index in [1.807, 2.05) is 32.0 Å². The van der Waals surface area contributed by atoms with Gasteiger partial charge in [0.25, 0.3) is 5.69 Å². The third-order valence-corrected chi connectivity index (χ3v) is 3.60. The number of hydrogen-bond donors (Lipinski definition) is 2. The summed E-state index contributed by atoms with van der Waals surface area (Å²) in [7, 11) is 0. The fraction of sp³-hybridized carbons (Fsp3) is 0.235. The summed E-state index contributed by atoms with van der Waals surface area (Å²) < 4.78 is 41.5. The van der Waals surface area contributed by atoms with Gasteiger partial charge in [-0.05, 0) is 37.7 Å². The lowest BCUT2D eigenvalue weighted by molar-refractivity contribution is -0.384. The topological polar surface area (TPSA) is 76.4 Å². The highest BCUT2D eigenvalue weighted by molar-refractivity contribution is 7.80. The molecule has 0 unspecified atom stereocenters. The van der Waals surface area contributed by atoms with Gasteiger partial charge in [0.2, 0.25) is 0 Å². The number of non-ortho nitro benzene ring substituents is 1. The van der Waals surface area contributed by atoms with Crippen LogP contribution in [0.3, 0.4) is 0 Å². The van der Waals surface area contributed by atoms with Gasteiger partial charge in [0.1, 0.15) is 5.75 Å². The fourth-order valence-corrected chi connectivity index (χ4v) is 2.48. The van der Waals surface area contributed by atoms with Crippen molar-refractivity contribution in [3.05, 3.63) is 57.6 Å². The molecule has 0 aliphatic heterocycles. The second kappa shape index (κ2) is 8.21. The third-order valence-electron chi connectivity index (χ3n) is 3.39. The number of hydrogen-bond acceptors (Lipinski definition) is 4. The SMILES string of the molecule is Cc1ccc(NC(=S)Nc2cc(OCC(F)(F)F)cc([N+](=O)[O-])c2)c(C)c1. The molecule has 0 saturated carbocycles. The van der Waals surface area contributed by atoms with Crippen LogP contribution < -0.4 is 15.4 Å². The van der Waals surface area contributed by atoms with E-state index >= 15 is 0 Å². The standard InChI is InChI=1S/C17H16F3N3O3S/c1-10-3-4-15(11(2)5-10)22-16(27)21-12-6-13(23(24)25)8-14(7-12)26-9-17(18,19)20/h3-8H,9H2,1-2H3,(H2,21,22,27). The Morgan fingerprint density at radius 2 is 1.89 bits per heavy atom. The Labute approximate surface area is 158 Å². The molecule has 2 aromatic carbocycles. The molecule has 0 aromatic heterocycles. The Hall–Kier alpha value is -2.88. The Kier molecular flexibility index (Phi) is 6.21. The van der Waals surface area contributed by atoms with Crippen molar-refractivity contribution >= 4 is 34.4 Å². The van der Waals surface area contributed by atoms with Crippen LogP contribution >= 0.6 is 12.2 Å². The van der Waals surface area contributed by atoms with Crippen LogP contribution in [-0.4, -0.2) is 22.8 Å². The average Bonchev–Trinajstić information content (AvgIpc) is 2.54. The Bertz CT molecular complexity index is 872. The normalized spacial score (nSPS) is 11.0. The van der Waals surface area contributed by atoms with Crippen LogP contribution in [0.4, 0.5) is 30.2 Å². The predicted molar refractivity (Wildman–Crippen MR) is 100 cm³/mol. The zero-order valence-corrected chi connectivity index (χ0v) is 15.2. The first-order valence-electron chi connectivity index (χ1n) is 7.68. The van der Waals surface area contributed by atoms with Crippen molar-refractivity contribution in [2.45, 2.75) is 20.0 Å². The molecule has 0 bridgehead atoms. The maximum atomic E-state index is 12.3. The first kappa shape index (κ1) is 20.4. The number of alkyl halides is 3. The van der Waals surface area contributed by atoms with Gasteiger partial charge >= 0.3 is 6.18 Å². The van der Waals surface area contributed by atoms with Crippen LogP contribution in [-0.2, 0) is 0 Å². The first-order chi connectivity index (χ1) is 12.5. The lowest BCUT2D eigenvalue weighted by Crippen LogP contribution is -2.21. The van der Waals surface area contributed by atoms with Crippen molar-refractivity contribution in [1.29, 1.82) is 0 Å². The van der Waals surface area contributed by atoms with Gasteiger partial charge in [0.15, 0.2) is 11.7 Å². The van der Waals surface area contributed by atoms with Crippen LogP contribution in [0.2, 0.25) is 0 Å². The number of anilines is 2. The van der Waals surface area contributed by atoms with Gasteiger partial charge in [-0.2, -0.15) is 13.2 Å². The molecule has 144 valence electrons. The molecule has 0 saturated heterocycles. The van der Waals surface area contributed by atoms with Crippen molar-refractivity contribution in [1.82, 2.24) is 0 Å². The molecule has 0 atom stereocenters. The third kappa shape index (κ3) is 6.41. The van der Waals surface area contributed by atoms with Gasteiger partial charge < -0.3 is 15.4 Å². The molecule has 10 heteroatoms.